The molecule has 2 amide bonds. The molecule has 5 heteroatoms. The Hall–Kier alpha value is -1.39. The number of rotatable bonds is 1. The van der Waals surface area contributed by atoms with Gasteiger partial charge in [-0.25, -0.2) is 0 Å². The Bertz CT molecular complexity index is 378. The lowest BCUT2D eigenvalue weighted by atomic mass is 9.63. The first-order valence-electron chi connectivity index (χ1n) is 5.40. The third kappa shape index (κ3) is 1.42. The van der Waals surface area contributed by atoms with Crippen LogP contribution in [0.2, 0.25) is 0 Å². The minimum Gasteiger partial charge on any atom is -0.481 e. The molecule has 2 aliphatic rings. The molecule has 2 bridgehead atoms. The summed E-state index contributed by atoms with van der Waals surface area (Å²) in [7, 11) is 1.48. The van der Waals surface area contributed by atoms with Crippen molar-refractivity contribution in [1.29, 1.82) is 0 Å². The highest BCUT2D eigenvalue weighted by atomic mass is 16.4. The Morgan fingerprint density at radius 2 is 2.06 bits per heavy atom. The number of amides is 2. The van der Waals surface area contributed by atoms with Crippen LogP contribution < -0.4 is 0 Å². The monoisotopic (exact) mass is 225 g/mol. The van der Waals surface area contributed by atoms with Crippen LogP contribution >= 0.6 is 0 Å². The molecule has 5 nitrogen and oxygen atoms in total. The highest BCUT2D eigenvalue weighted by Crippen LogP contribution is 2.47. The first kappa shape index (κ1) is 11.1. The van der Waals surface area contributed by atoms with Crippen LogP contribution in [-0.4, -0.2) is 34.8 Å². The van der Waals surface area contributed by atoms with Gasteiger partial charge < -0.3 is 5.11 Å². The molecule has 16 heavy (non-hydrogen) atoms. The zero-order chi connectivity index (χ0) is 12.1. The maximum Gasteiger partial charge on any atom is 0.306 e. The molecular weight excluding hydrogens is 210 g/mol. The van der Waals surface area contributed by atoms with Crippen LogP contribution in [0.3, 0.4) is 0 Å². The van der Waals surface area contributed by atoms with E-state index in [9.17, 15) is 14.4 Å². The van der Waals surface area contributed by atoms with E-state index in [1.807, 2.05) is 0 Å². The van der Waals surface area contributed by atoms with Crippen molar-refractivity contribution >= 4 is 17.8 Å². The second-order valence-corrected chi connectivity index (χ2v) is 5.14. The average molecular weight is 225 g/mol. The number of hydrogen-bond acceptors (Lipinski definition) is 3. The van der Waals surface area contributed by atoms with Crippen LogP contribution in [0, 0.1) is 17.3 Å². The van der Waals surface area contributed by atoms with Crippen LogP contribution in [0.15, 0.2) is 0 Å². The van der Waals surface area contributed by atoms with Crippen molar-refractivity contribution in [3.63, 3.8) is 0 Å². The van der Waals surface area contributed by atoms with Gasteiger partial charge in [-0.2, -0.15) is 0 Å². The Morgan fingerprint density at radius 1 is 1.44 bits per heavy atom. The normalized spacial score (nSPS) is 38.8. The van der Waals surface area contributed by atoms with Crippen LogP contribution in [0.5, 0.6) is 0 Å². The number of carbonyl (C=O) groups excluding carboxylic acids is 2. The van der Waals surface area contributed by atoms with E-state index >= 15 is 0 Å². The van der Waals surface area contributed by atoms with Crippen molar-refractivity contribution in [2.45, 2.75) is 26.2 Å². The molecule has 1 heterocycles. The molecular formula is C11H15NO4. The fraction of sp³-hybridized carbons (Fsp3) is 0.727. The number of nitrogens with zero attached hydrogens (tertiary/aromatic N) is 1. The lowest BCUT2D eigenvalue weighted by molar-refractivity contribution is -0.167. The zero-order valence-corrected chi connectivity index (χ0v) is 9.40. The molecule has 0 radical (unpaired) electrons. The Labute approximate surface area is 93.4 Å². The molecule has 0 spiro atoms. The minimum absolute atomic E-state index is 0.228. The van der Waals surface area contributed by atoms with Gasteiger partial charge in [-0.15, -0.1) is 0 Å². The molecule has 1 saturated carbocycles. The number of aliphatic carboxylic acids is 1. The van der Waals surface area contributed by atoms with E-state index in [4.69, 9.17) is 5.11 Å². The van der Waals surface area contributed by atoms with E-state index in [0.29, 0.717) is 19.3 Å². The van der Waals surface area contributed by atoms with E-state index in [-0.39, 0.29) is 17.7 Å². The molecule has 1 aliphatic carbocycles. The van der Waals surface area contributed by atoms with E-state index in [1.165, 1.54) is 7.05 Å². The summed E-state index contributed by atoms with van der Waals surface area (Å²) >= 11 is 0. The second kappa shape index (κ2) is 3.30. The van der Waals surface area contributed by atoms with Crippen molar-refractivity contribution in [3.8, 4) is 0 Å². The number of likely N-dealkylation sites (tertiary alicyclic amines) is 1. The van der Waals surface area contributed by atoms with E-state index in [1.54, 1.807) is 6.92 Å². The Kier molecular flexibility index (Phi) is 2.29. The quantitative estimate of drug-likeness (QED) is 0.659. The summed E-state index contributed by atoms with van der Waals surface area (Å²) in [5, 5.41) is 9.01. The molecule has 2 fully saturated rings. The highest BCUT2D eigenvalue weighted by Gasteiger charge is 2.53. The average Bonchev–Trinajstić information content (AvgIpc) is 2.23. The van der Waals surface area contributed by atoms with Gasteiger partial charge in [0.25, 0.3) is 0 Å². The Morgan fingerprint density at radius 3 is 2.62 bits per heavy atom. The topological polar surface area (TPSA) is 74.7 Å². The second-order valence-electron chi connectivity index (χ2n) is 5.14. The summed E-state index contributed by atoms with van der Waals surface area (Å²) < 4.78 is 0. The fourth-order valence-corrected chi connectivity index (χ4v) is 3.01. The van der Waals surface area contributed by atoms with Crippen LogP contribution in [-0.2, 0) is 14.4 Å². The molecule has 0 aromatic carbocycles. The first-order chi connectivity index (χ1) is 7.35. The van der Waals surface area contributed by atoms with Gasteiger partial charge in [-0.3, -0.25) is 19.3 Å². The number of carbonyl (C=O) groups is 3. The van der Waals surface area contributed by atoms with Crippen LogP contribution in [0.4, 0.5) is 0 Å². The molecule has 1 saturated heterocycles. The number of hydrogen-bond donors (Lipinski definition) is 1. The van der Waals surface area contributed by atoms with Gasteiger partial charge in [-0.1, -0.05) is 6.92 Å². The summed E-state index contributed by atoms with van der Waals surface area (Å²) in [5.74, 6) is -2.23. The van der Waals surface area contributed by atoms with Gasteiger partial charge >= 0.3 is 5.97 Å². The largest absolute Gasteiger partial charge is 0.481 e. The van der Waals surface area contributed by atoms with Crippen molar-refractivity contribution in [2.75, 3.05) is 7.05 Å². The van der Waals surface area contributed by atoms with Gasteiger partial charge in [0.15, 0.2) is 0 Å². The van der Waals surface area contributed by atoms with E-state index in [0.717, 1.165) is 4.90 Å². The van der Waals surface area contributed by atoms with Gasteiger partial charge in [0.2, 0.25) is 11.8 Å². The van der Waals surface area contributed by atoms with Gasteiger partial charge in [0, 0.05) is 18.4 Å². The minimum atomic E-state index is -0.902. The molecule has 2 rings (SSSR count). The molecule has 3 unspecified atom stereocenters. The van der Waals surface area contributed by atoms with Crippen LogP contribution in [0.25, 0.3) is 0 Å². The number of carboxylic acids is 1. The summed E-state index contributed by atoms with van der Waals surface area (Å²) in [4.78, 5) is 35.9. The molecule has 0 aromatic rings. The van der Waals surface area contributed by atoms with Crippen molar-refractivity contribution in [2.24, 2.45) is 17.3 Å². The molecule has 88 valence electrons. The zero-order valence-electron chi connectivity index (χ0n) is 9.40. The first-order valence-corrected chi connectivity index (χ1v) is 5.40. The fourth-order valence-electron chi connectivity index (χ4n) is 3.01. The number of piperidine rings is 1. The van der Waals surface area contributed by atoms with E-state index < -0.39 is 17.3 Å². The van der Waals surface area contributed by atoms with Crippen LogP contribution in [0.1, 0.15) is 26.2 Å². The smallest absolute Gasteiger partial charge is 0.306 e. The third-order valence-corrected chi connectivity index (χ3v) is 3.81. The molecule has 1 aliphatic heterocycles. The summed E-state index contributed by atoms with van der Waals surface area (Å²) in [6, 6.07) is 0. The summed E-state index contributed by atoms with van der Waals surface area (Å²) in [5.41, 5.74) is -0.672. The maximum atomic E-state index is 11.9. The van der Waals surface area contributed by atoms with Gasteiger partial charge in [0.05, 0.1) is 5.92 Å². The predicted molar refractivity (Wildman–Crippen MR) is 54.4 cm³/mol. The molecule has 0 aromatic heterocycles. The molecule has 3 atom stereocenters. The summed E-state index contributed by atoms with van der Waals surface area (Å²) in [6.07, 6.45) is 1.20. The number of imide groups is 1. The van der Waals surface area contributed by atoms with Gasteiger partial charge in [-0.05, 0) is 19.3 Å². The third-order valence-electron chi connectivity index (χ3n) is 3.81. The number of fused-ring (bicyclic) bond motifs is 2. The maximum absolute atomic E-state index is 11.9. The van der Waals surface area contributed by atoms with Crippen molar-refractivity contribution < 1.29 is 19.5 Å². The standard InChI is InChI=1S/C11H15NO4/c1-11-4-6(3-7(5-11)9(14)15)8(13)12(2)10(11)16/h6-7H,3-5H2,1-2H3,(H,14,15). The lowest BCUT2D eigenvalue weighted by Crippen LogP contribution is -2.56. The summed E-state index contributed by atoms with van der Waals surface area (Å²) in [6.45, 7) is 1.76. The van der Waals surface area contributed by atoms with Gasteiger partial charge in [0.1, 0.15) is 0 Å². The Balaban J connectivity index is 2.33. The number of carboxylic acid groups (broad SMARTS) is 1. The highest BCUT2D eigenvalue weighted by molar-refractivity contribution is 6.02. The van der Waals surface area contributed by atoms with Crippen molar-refractivity contribution in [1.82, 2.24) is 4.90 Å². The van der Waals surface area contributed by atoms with E-state index in [2.05, 4.69) is 0 Å². The molecule has 1 N–H and O–H groups in total. The van der Waals surface area contributed by atoms with Crippen molar-refractivity contribution in [3.05, 3.63) is 0 Å². The lowest BCUT2D eigenvalue weighted by Gasteiger charge is -2.46. The SMILES string of the molecule is CN1C(=O)C2CC(C(=O)O)CC(C)(C2)C1=O. The predicted octanol–water partition coefficient (Wildman–Crippen LogP) is 0.492.